The van der Waals surface area contributed by atoms with Crippen LogP contribution >= 0.6 is 0 Å². The number of carbonyl (C=O) groups is 1. The van der Waals surface area contributed by atoms with Gasteiger partial charge in [0.15, 0.2) is 0 Å². The summed E-state index contributed by atoms with van der Waals surface area (Å²) in [6.45, 7) is 3.39. The van der Waals surface area contributed by atoms with E-state index in [1.807, 2.05) is 73.7 Å². The van der Waals surface area contributed by atoms with Crippen molar-refractivity contribution >= 4 is 17.4 Å². The smallest absolute Gasteiger partial charge is 0.402 e. The lowest BCUT2D eigenvalue weighted by Gasteiger charge is -2.13. The second-order valence-corrected chi connectivity index (χ2v) is 7.62. The van der Waals surface area contributed by atoms with Gasteiger partial charge in [-0.15, -0.1) is 0 Å². The maximum Gasteiger partial charge on any atom is 0.402 e. The third-order valence-corrected chi connectivity index (χ3v) is 4.86. The van der Waals surface area contributed by atoms with E-state index in [-0.39, 0.29) is 6.61 Å². The molecular formula is C28H24F3NO2. The van der Waals surface area contributed by atoms with E-state index in [2.05, 4.69) is 16.6 Å². The Hall–Kier alpha value is -3.85. The second-order valence-electron chi connectivity index (χ2n) is 7.62. The SMILES string of the molecule is CCOC(=O)CC(C#Cc1cc(C)cc(N=C(c2ccccc2)c2ccccc2)c1)C(F)(F)F. The van der Waals surface area contributed by atoms with Crippen LogP contribution in [0.1, 0.15) is 35.6 Å². The molecule has 3 rings (SSSR count). The van der Waals surface area contributed by atoms with Crippen molar-refractivity contribution in [1.29, 1.82) is 0 Å². The molecule has 0 bridgehead atoms. The third kappa shape index (κ3) is 7.08. The summed E-state index contributed by atoms with van der Waals surface area (Å²) < 4.78 is 44.9. The van der Waals surface area contributed by atoms with Gasteiger partial charge in [0.25, 0.3) is 0 Å². The molecule has 3 aromatic rings. The van der Waals surface area contributed by atoms with Crippen molar-refractivity contribution in [2.75, 3.05) is 6.61 Å². The Morgan fingerprint density at radius 2 is 1.56 bits per heavy atom. The van der Waals surface area contributed by atoms with Crippen LogP contribution in [0.25, 0.3) is 0 Å². The van der Waals surface area contributed by atoms with Crippen molar-refractivity contribution in [3.63, 3.8) is 0 Å². The van der Waals surface area contributed by atoms with Gasteiger partial charge in [0.1, 0.15) is 5.92 Å². The summed E-state index contributed by atoms with van der Waals surface area (Å²) in [6.07, 6.45) is -5.48. The second kappa shape index (κ2) is 11.3. The number of halogens is 3. The van der Waals surface area contributed by atoms with Gasteiger partial charge in [-0.25, -0.2) is 4.99 Å². The molecule has 0 amide bonds. The number of nitrogens with zero attached hydrogens (tertiary/aromatic N) is 1. The van der Waals surface area contributed by atoms with E-state index >= 15 is 0 Å². The quantitative estimate of drug-likeness (QED) is 0.233. The maximum absolute atomic E-state index is 13.4. The number of aryl methyl sites for hydroxylation is 1. The Labute approximate surface area is 197 Å². The first-order valence-corrected chi connectivity index (χ1v) is 10.8. The largest absolute Gasteiger partial charge is 0.466 e. The summed E-state index contributed by atoms with van der Waals surface area (Å²) in [5.74, 6) is 1.76. The lowest BCUT2D eigenvalue weighted by molar-refractivity contribution is -0.171. The van der Waals surface area contributed by atoms with Crippen molar-refractivity contribution in [1.82, 2.24) is 0 Å². The molecular weight excluding hydrogens is 439 g/mol. The summed E-state index contributed by atoms with van der Waals surface area (Å²) in [7, 11) is 0. The predicted octanol–water partition coefficient (Wildman–Crippen LogP) is 6.65. The first-order valence-electron chi connectivity index (χ1n) is 10.8. The number of carbonyl (C=O) groups excluding carboxylic acids is 1. The zero-order valence-corrected chi connectivity index (χ0v) is 18.9. The normalized spacial score (nSPS) is 11.7. The molecule has 174 valence electrons. The summed E-state index contributed by atoms with van der Waals surface area (Å²) >= 11 is 0. The highest BCUT2D eigenvalue weighted by Crippen LogP contribution is 2.29. The third-order valence-electron chi connectivity index (χ3n) is 4.86. The zero-order chi connectivity index (χ0) is 24.6. The maximum atomic E-state index is 13.4. The number of alkyl halides is 3. The average molecular weight is 463 g/mol. The molecule has 0 N–H and O–H groups in total. The van der Waals surface area contributed by atoms with E-state index in [0.717, 1.165) is 22.4 Å². The Kier molecular flexibility index (Phi) is 8.26. The van der Waals surface area contributed by atoms with E-state index in [1.165, 1.54) is 0 Å². The van der Waals surface area contributed by atoms with Crippen molar-refractivity contribution in [3.8, 4) is 11.8 Å². The van der Waals surface area contributed by atoms with Gasteiger partial charge >= 0.3 is 12.1 Å². The minimum atomic E-state index is -4.64. The van der Waals surface area contributed by atoms with Crippen molar-refractivity contribution in [3.05, 3.63) is 101 Å². The molecule has 0 saturated carbocycles. The Balaban J connectivity index is 2.00. The molecule has 0 fully saturated rings. The molecule has 0 heterocycles. The van der Waals surface area contributed by atoms with Crippen LogP contribution < -0.4 is 0 Å². The molecule has 0 radical (unpaired) electrons. The molecule has 1 unspecified atom stereocenters. The number of hydrogen-bond donors (Lipinski definition) is 0. The first-order chi connectivity index (χ1) is 16.3. The molecule has 0 saturated heterocycles. The standard InChI is InChI=1S/C28H24F3NO2/c1-3-34-26(33)19-24(28(29,30)31)15-14-21-16-20(2)17-25(18-21)32-27(22-10-6-4-7-11-22)23-12-8-5-9-13-23/h4-13,16-18,24H,3,19H2,1-2H3. The number of aliphatic imine (C=N–C) groups is 1. The zero-order valence-electron chi connectivity index (χ0n) is 18.9. The van der Waals surface area contributed by atoms with Gasteiger partial charge in [-0.05, 0) is 37.6 Å². The number of esters is 1. The fourth-order valence-corrected chi connectivity index (χ4v) is 3.32. The average Bonchev–Trinajstić information content (AvgIpc) is 2.80. The highest BCUT2D eigenvalue weighted by Gasteiger charge is 2.40. The number of rotatable bonds is 6. The van der Waals surface area contributed by atoms with E-state index in [9.17, 15) is 18.0 Å². The van der Waals surface area contributed by atoms with Crippen LogP contribution in [0.3, 0.4) is 0 Å². The van der Waals surface area contributed by atoms with E-state index < -0.39 is 24.5 Å². The van der Waals surface area contributed by atoms with E-state index in [1.54, 1.807) is 19.1 Å². The fourth-order valence-electron chi connectivity index (χ4n) is 3.32. The van der Waals surface area contributed by atoms with Gasteiger partial charge in [-0.3, -0.25) is 4.79 Å². The van der Waals surface area contributed by atoms with E-state index in [0.29, 0.717) is 11.3 Å². The minimum absolute atomic E-state index is 0.0151. The number of ether oxygens (including phenoxy) is 1. The highest BCUT2D eigenvalue weighted by atomic mass is 19.4. The minimum Gasteiger partial charge on any atom is -0.466 e. The van der Waals surface area contributed by atoms with Crippen molar-refractivity contribution in [2.24, 2.45) is 10.9 Å². The molecule has 1 atom stereocenters. The van der Waals surface area contributed by atoms with Gasteiger partial charge in [0.2, 0.25) is 0 Å². The summed E-state index contributed by atoms with van der Waals surface area (Å²) in [5.41, 5.74) is 4.32. The van der Waals surface area contributed by atoms with Gasteiger partial charge in [0, 0.05) is 16.7 Å². The summed E-state index contributed by atoms with van der Waals surface area (Å²) in [5, 5.41) is 0. The highest BCUT2D eigenvalue weighted by molar-refractivity contribution is 6.13. The summed E-state index contributed by atoms with van der Waals surface area (Å²) in [6, 6.07) is 24.5. The van der Waals surface area contributed by atoms with Gasteiger partial charge < -0.3 is 4.74 Å². The van der Waals surface area contributed by atoms with Gasteiger partial charge in [0.05, 0.1) is 24.4 Å². The lowest BCUT2D eigenvalue weighted by atomic mass is 10.0. The first kappa shape index (κ1) is 24.8. The van der Waals surface area contributed by atoms with Crippen LogP contribution in [0.5, 0.6) is 0 Å². The molecule has 0 aliphatic heterocycles. The van der Waals surface area contributed by atoms with Crippen LogP contribution in [0.4, 0.5) is 18.9 Å². The lowest BCUT2D eigenvalue weighted by Crippen LogP contribution is -2.25. The molecule has 0 aliphatic rings. The molecule has 6 heteroatoms. The Morgan fingerprint density at radius 1 is 0.971 bits per heavy atom. The van der Waals surface area contributed by atoms with Crippen molar-refractivity contribution < 1.29 is 22.7 Å². The monoisotopic (exact) mass is 463 g/mol. The Morgan fingerprint density at radius 3 is 2.09 bits per heavy atom. The molecule has 3 aromatic carbocycles. The Bertz CT molecular complexity index is 1170. The molecule has 0 spiro atoms. The van der Waals surface area contributed by atoms with Crippen molar-refractivity contribution in [2.45, 2.75) is 26.4 Å². The predicted molar refractivity (Wildman–Crippen MR) is 127 cm³/mol. The van der Waals surface area contributed by atoms with Gasteiger partial charge in [-0.1, -0.05) is 72.5 Å². The summed E-state index contributed by atoms with van der Waals surface area (Å²) in [4.78, 5) is 16.4. The number of hydrogen-bond acceptors (Lipinski definition) is 3. The molecule has 34 heavy (non-hydrogen) atoms. The van der Waals surface area contributed by atoms with Crippen LogP contribution in [0.2, 0.25) is 0 Å². The fraction of sp³-hybridized carbons (Fsp3) is 0.214. The molecule has 0 aromatic heterocycles. The van der Waals surface area contributed by atoms with Crippen LogP contribution in [0, 0.1) is 24.7 Å². The van der Waals surface area contributed by atoms with Crippen LogP contribution in [-0.4, -0.2) is 24.5 Å². The topological polar surface area (TPSA) is 38.7 Å². The molecule has 0 aliphatic carbocycles. The van der Waals surface area contributed by atoms with Crippen LogP contribution in [0.15, 0.2) is 83.9 Å². The number of benzene rings is 3. The van der Waals surface area contributed by atoms with E-state index in [4.69, 9.17) is 4.99 Å². The molecule has 3 nitrogen and oxygen atoms in total. The van der Waals surface area contributed by atoms with Gasteiger partial charge in [-0.2, -0.15) is 13.2 Å². The van der Waals surface area contributed by atoms with Crippen LogP contribution in [-0.2, 0) is 9.53 Å².